The normalized spacial score (nSPS) is 10.9. The van der Waals surface area contributed by atoms with Crippen LogP contribution in [0.5, 0.6) is 0 Å². The SMILES string of the molecule is c1ccc2ncc(Nc3ccnc(Nc4cccc5cccnc45)n3)cc2c1. The van der Waals surface area contributed by atoms with Crippen LogP contribution in [0.2, 0.25) is 0 Å². The second-order valence-corrected chi connectivity index (χ2v) is 6.31. The first-order valence-electron chi connectivity index (χ1n) is 8.91. The van der Waals surface area contributed by atoms with Crippen molar-refractivity contribution in [3.05, 3.63) is 85.3 Å². The third-order valence-corrected chi connectivity index (χ3v) is 4.40. The fourth-order valence-corrected chi connectivity index (χ4v) is 3.10. The highest BCUT2D eigenvalue weighted by molar-refractivity contribution is 5.91. The number of nitrogens with zero attached hydrogens (tertiary/aromatic N) is 4. The molecule has 0 radical (unpaired) electrons. The van der Waals surface area contributed by atoms with Crippen LogP contribution in [0.3, 0.4) is 0 Å². The van der Waals surface area contributed by atoms with E-state index in [2.05, 4.69) is 30.6 Å². The van der Waals surface area contributed by atoms with Crippen LogP contribution in [0.1, 0.15) is 0 Å². The molecular formula is C22H16N6. The van der Waals surface area contributed by atoms with E-state index in [0.717, 1.165) is 33.2 Å². The Bertz CT molecular complexity index is 1280. The molecule has 0 fully saturated rings. The third-order valence-electron chi connectivity index (χ3n) is 4.40. The van der Waals surface area contributed by atoms with Crippen LogP contribution in [0.15, 0.2) is 85.3 Å². The number of para-hydroxylation sites is 2. The molecule has 0 saturated heterocycles. The summed E-state index contributed by atoms with van der Waals surface area (Å²) in [6.07, 6.45) is 5.29. The molecule has 0 unspecified atom stereocenters. The standard InChI is InChI=1S/C22H16N6/c1-2-8-18-16(5-1)13-17(14-25-18)26-20-10-12-24-22(28-20)27-19-9-3-6-15-7-4-11-23-21(15)19/h1-14H,(H2,24,26,27,28). The minimum absolute atomic E-state index is 0.497. The van der Waals surface area contributed by atoms with E-state index in [0.29, 0.717) is 11.8 Å². The summed E-state index contributed by atoms with van der Waals surface area (Å²) < 4.78 is 0. The van der Waals surface area contributed by atoms with Crippen molar-refractivity contribution in [3.8, 4) is 0 Å². The van der Waals surface area contributed by atoms with Crippen molar-refractivity contribution >= 4 is 44.9 Å². The zero-order valence-electron chi connectivity index (χ0n) is 14.9. The maximum Gasteiger partial charge on any atom is 0.229 e. The number of fused-ring (bicyclic) bond motifs is 2. The second kappa shape index (κ2) is 6.92. The van der Waals surface area contributed by atoms with Crippen LogP contribution >= 0.6 is 0 Å². The highest BCUT2D eigenvalue weighted by Gasteiger charge is 2.05. The molecule has 5 rings (SSSR count). The van der Waals surface area contributed by atoms with Crippen molar-refractivity contribution < 1.29 is 0 Å². The van der Waals surface area contributed by atoms with Gasteiger partial charge in [0, 0.05) is 23.2 Å². The molecule has 6 nitrogen and oxygen atoms in total. The average molecular weight is 364 g/mol. The molecular weight excluding hydrogens is 348 g/mol. The Morgan fingerprint density at radius 3 is 2.57 bits per heavy atom. The molecule has 5 aromatic rings. The van der Waals surface area contributed by atoms with Gasteiger partial charge in [-0.15, -0.1) is 0 Å². The Morgan fingerprint density at radius 2 is 1.57 bits per heavy atom. The van der Waals surface area contributed by atoms with Crippen LogP contribution in [-0.4, -0.2) is 19.9 Å². The number of benzene rings is 2. The zero-order valence-corrected chi connectivity index (χ0v) is 14.9. The average Bonchev–Trinajstić information content (AvgIpc) is 2.74. The molecule has 0 amide bonds. The van der Waals surface area contributed by atoms with Gasteiger partial charge in [0.25, 0.3) is 0 Å². The summed E-state index contributed by atoms with van der Waals surface area (Å²) in [7, 11) is 0. The summed E-state index contributed by atoms with van der Waals surface area (Å²) in [6, 6.07) is 21.8. The molecule has 28 heavy (non-hydrogen) atoms. The molecule has 6 heteroatoms. The molecule has 0 spiro atoms. The Balaban J connectivity index is 1.42. The third kappa shape index (κ3) is 3.19. The topological polar surface area (TPSA) is 75.6 Å². The molecule has 2 aromatic carbocycles. The fraction of sp³-hybridized carbons (Fsp3) is 0. The Morgan fingerprint density at radius 1 is 0.679 bits per heavy atom. The lowest BCUT2D eigenvalue weighted by Crippen LogP contribution is -2.01. The van der Waals surface area contributed by atoms with Gasteiger partial charge in [0.1, 0.15) is 5.82 Å². The largest absolute Gasteiger partial charge is 0.339 e. The number of rotatable bonds is 4. The zero-order chi connectivity index (χ0) is 18.8. The van der Waals surface area contributed by atoms with Crippen LogP contribution in [-0.2, 0) is 0 Å². The van der Waals surface area contributed by atoms with E-state index in [1.54, 1.807) is 18.6 Å². The summed E-state index contributed by atoms with van der Waals surface area (Å²) in [5.74, 6) is 1.18. The number of pyridine rings is 2. The molecule has 0 saturated carbocycles. The molecule has 134 valence electrons. The maximum atomic E-state index is 4.56. The van der Waals surface area contributed by atoms with Gasteiger partial charge in [0.05, 0.1) is 28.6 Å². The number of hydrogen-bond donors (Lipinski definition) is 2. The molecule has 3 heterocycles. The van der Waals surface area contributed by atoms with E-state index in [9.17, 15) is 0 Å². The molecule has 0 aliphatic carbocycles. The number of hydrogen-bond acceptors (Lipinski definition) is 6. The van der Waals surface area contributed by atoms with Gasteiger partial charge in [-0.2, -0.15) is 4.98 Å². The van der Waals surface area contributed by atoms with Gasteiger partial charge in [0.2, 0.25) is 5.95 Å². The highest BCUT2D eigenvalue weighted by Crippen LogP contribution is 2.24. The minimum atomic E-state index is 0.497. The van der Waals surface area contributed by atoms with Crippen LogP contribution < -0.4 is 10.6 Å². The first-order chi connectivity index (χ1) is 13.8. The molecule has 0 atom stereocenters. The van der Waals surface area contributed by atoms with E-state index in [4.69, 9.17) is 0 Å². The van der Waals surface area contributed by atoms with Gasteiger partial charge >= 0.3 is 0 Å². The first-order valence-corrected chi connectivity index (χ1v) is 8.91. The minimum Gasteiger partial charge on any atom is -0.339 e. The van der Waals surface area contributed by atoms with Crippen LogP contribution in [0.25, 0.3) is 21.8 Å². The number of aromatic nitrogens is 4. The van der Waals surface area contributed by atoms with Crippen molar-refractivity contribution in [1.29, 1.82) is 0 Å². The van der Waals surface area contributed by atoms with E-state index in [1.807, 2.05) is 66.7 Å². The Hall–Kier alpha value is -4.06. The van der Waals surface area contributed by atoms with Gasteiger partial charge in [0.15, 0.2) is 0 Å². The van der Waals surface area contributed by atoms with Crippen molar-refractivity contribution in [2.24, 2.45) is 0 Å². The smallest absolute Gasteiger partial charge is 0.229 e. The Labute approximate surface area is 161 Å². The van der Waals surface area contributed by atoms with Crippen molar-refractivity contribution in [3.63, 3.8) is 0 Å². The summed E-state index contributed by atoms with van der Waals surface area (Å²) in [5.41, 5.74) is 3.57. The van der Waals surface area contributed by atoms with Crippen molar-refractivity contribution in [1.82, 2.24) is 19.9 Å². The summed E-state index contributed by atoms with van der Waals surface area (Å²) in [4.78, 5) is 17.8. The lowest BCUT2D eigenvalue weighted by Gasteiger charge is -2.10. The van der Waals surface area contributed by atoms with Gasteiger partial charge in [-0.3, -0.25) is 9.97 Å². The molecule has 0 aliphatic heterocycles. The van der Waals surface area contributed by atoms with Gasteiger partial charge in [-0.05, 0) is 30.3 Å². The van der Waals surface area contributed by atoms with Crippen LogP contribution in [0.4, 0.5) is 23.1 Å². The highest BCUT2D eigenvalue weighted by atomic mass is 15.1. The molecule has 0 aliphatic rings. The number of nitrogens with one attached hydrogen (secondary N) is 2. The summed E-state index contributed by atoms with van der Waals surface area (Å²) in [6.45, 7) is 0. The number of anilines is 4. The predicted molar refractivity (Wildman–Crippen MR) is 112 cm³/mol. The van der Waals surface area contributed by atoms with E-state index >= 15 is 0 Å². The predicted octanol–water partition coefficient (Wildman–Crippen LogP) is 5.06. The van der Waals surface area contributed by atoms with Gasteiger partial charge in [-0.25, -0.2) is 4.98 Å². The summed E-state index contributed by atoms with van der Waals surface area (Å²) >= 11 is 0. The fourth-order valence-electron chi connectivity index (χ4n) is 3.10. The van der Waals surface area contributed by atoms with Gasteiger partial charge < -0.3 is 10.6 Å². The second-order valence-electron chi connectivity index (χ2n) is 6.31. The van der Waals surface area contributed by atoms with E-state index in [1.165, 1.54) is 0 Å². The Kier molecular flexibility index (Phi) is 3.99. The lowest BCUT2D eigenvalue weighted by molar-refractivity contribution is 1.16. The van der Waals surface area contributed by atoms with Crippen LogP contribution in [0, 0.1) is 0 Å². The van der Waals surface area contributed by atoms with E-state index in [-0.39, 0.29) is 0 Å². The maximum absolute atomic E-state index is 4.56. The summed E-state index contributed by atoms with van der Waals surface area (Å²) in [5, 5.41) is 8.68. The molecule has 3 aromatic heterocycles. The molecule has 2 N–H and O–H groups in total. The van der Waals surface area contributed by atoms with Gasteiger partial charge in [-0.1, -0.05) is 36.4 Å². The van der Waals surface area contributed by atoms with Crippen molar-refractivity contribution in [2.45, 2.75) is 0 Å². The monoisotopic (exact) mass is 364 g/mol. The first kappa shape index (κ1) is 16.1. The lowest BCUT2D eigenvalue weighted by atomic mass is 10.2. The molecule has 0 bridgehead atoms. The quantitative estimate of drug-likeness (QED) is 0.464. The van der Waals surface area contributed by atoms with E-state index < -0.39 is 0 Å². The van der Waals surface area contributed by atoms with Crippen molar-refractivity contribution in [2.75, 3.05) is 10.6 Å².